The van der Waals surface area contributed by atoms with Crippen molar-refractivity contribution in [3.63, 3.8) is 0 Å². The van der Waals surface area contributed by atoms with Crippen LogP contribution in [0.3, 0.4) is 0 Å². The van der Waals surface area contributed by atoms with E-state index in [0.717, 1.165) is 12.1 Å². The van der Waals surface area contributed by atoms with Crippen LogP contribution in [0.1, 0.15) is 46.9 Å². The van der Waals surface area contributed by atoms with Gasteiger partial charge in [0, 0.05) is 24.6 Å². The minimum atomic E-state index is -4.55. The highest BCUT2D eigenvalue weighted by molar-refractivity contribution is 5.93. The molecule has 0 aliphatic heterocycles. The summed E-state index contributed by atoms with van der Waals surface area (Å²) in [5.41, 5.74) is -1.39. The lowest BCUT2D eigenvalue weighted by Gasteiger charge is -2.20. The molecule has 2 aromatic rings. The number of ketones is 1. The fraction of sp³-hybridized carbons (Fsp3) is 0.318. The van der Waals surface area contributed by atoms with Gasteiger partial charge in [0.1, 0.15) is 28.6 Å². The van der Waals surface area contributed by atoms with Gasteiger partial charge in [-0.05, 0) is 60.7 Å². The molecule has 1 fully saturated rings. The maximum Gasteiger partial charge on any atom is 0.411 e. The monoisotopic (exact) mass is 436 g/mol. The van der Waals surface area contributed by atoms with Crippen molar-refractivity contribution in [3.8, 4) is 5.75 Å². The SMILES string of the molecule is C=C(C)c1cc(F)c(CC(=O)Cc2ccnc(C(=O)NC3(C(F)(F)F)CC3)c2)cc1O. The Morgan fingerprint density at radius 1 is 1.23 bits per heavy atom. The molecule has 5 nitrogen and oxygen atoms in total. The summed E-state index contributed by atoms with van der Waals surface area (Å²) in [6.07, 6.45) is -4.21. The number of pyridine rings is 1. The van der Waals surface area contributed by atoms with Crippen LogP contribution >= 0.6 is 0 Å². The molecule has 0 spiro atoms. The first-order valence-electron chi connectivity index (χ1n) is 9.45. The smallest absolute Gasteiger partial charge is 0.411 e. The average molecular weight is 436 g/mol. The molecular formula is C22H20F4N2O3. The van der Waals surface area contributed by atoms with E-state index >= 15 is 0 Å². The number of aromatic hydroxyl groups is 1. The van der Waals surface area contributed by atoms with Gasteiger partial charge in [-0.1, -0.05) is 6.58 Å². The van der Waals surface area contributed by atoms with Crippen molar-refractivity contribution < 1.29 is 32.3 Å². The van der Waals surface area contributed by atoms with Crippen LogP contribution in [0.5, 0.6) is 5.75 Å². The van der Waals surface area contributed by atoms with Crippen LogP contribution in [-0.2, 0) is 17.6 Å². The number of nitrogens with one attached hydrogen (secondary N) is 1. The van der Waals surface area contributed by atoms with Crippen LogP contribution in [0.4, 0.5) is 17.6 Å². The third-order valence-electron chi connectivity index (χ3n) is 5.12. The van der Waals surface area contributed by atoms with Crippen molar-refractivity contribution in [3.05, 3.63) is 65.2 Å². The molecule has 0 radical (unpaired) electrons. The van der Waals surface area contributed by atoms with Crippen LogP contribution in [0.2, 0.25) is 0 Å². The molecular weight excluding hydrogens is 416 g/mol. The molecule has 0 saturated heterocycles. The van der Waals surface area contributed by atoms with E-state index in [1.54, 1.807) is 6.92 Å². The van der Waals surface area contributed by atoms with Gasteiger partial charge in [-0.3, -0.25) is 14.6 Å². The summed E-state index contributed by atoms with van der Waals surface area (Å²) in [6.45, 7) is 5.25. The normalized spacial score (nSPS) is 14.7. The zero-order chi connectivity index (χ0) is 23.0. The van der Waals surface area contributed by atoms with Crippen molar-refractivity contribution in [1.82, 2.24) is 10.3 Å². The molecule has 164 valence electrons. The van der Waals surface area contributed by atoms with Crippen LogP contribution in [0.25, 0.3) is 5.57 Å². The van der Waals surface area contributed by atoms with Gasteiger partial charge in [-0.2, -0.15) is 13.2 Å². The quantitative estimate of drug-likeness (QED) is 0.640. The zero-order valence-electron chi connectivity index (χ0n) is 16.6. The Labute approximate surface area is 175 Å². The number of carbonyl (C=O) groups is 2. The van der Waals surface area contributed by atoms with E-state index in [4.69, 9.17) is 0 Å². The summed E-state index contributed by atoms with van der Waals surface area (Å²) in [5, 5.41) is 11.9. The highest BCUT2D eigenvalue weighted by atomic mass is 19.4. The predicted octanol–water partition coefficient (Wildman–Crippen LogP) is 4.14. The maximum atomic E-state index is 14.3. The van der Waals surface area contributed by atoms with E-state index in [2.05, 4.69) is 11.6 Å². The number of nitrogens with zero attached hydrogens (tertiary/aromatic N) is 1. The van der Waals surface area contributed by atoms with Crippen molar-refractivity contribution in [2.24, 2.45) is 0 Å². The van der Waals surface area contributed by atoms with E-state index in [0.29, 0.717) is 11.1 Å². The Kier molecular flexibility index (Phi) is 5.89. The molecule has 1 aliphatic carbocycles. The number of phenols is 1. The molecule has 2 N–H and O–H groups in total. The summed E-state index contributed by atoms with van der Waals surface area (Å²) in [5.74, 6) is -2.25. The fourth-order valence-corrected chi connectivity index (χ4v) is 3.18. The van der Waals surface area contributed by atoms with Gasteiger partial charge in [0.15, 0.2) is 0 Å². The lowest BCUT2D eigenvalue weighted by molar-refractivity contribution is -0.163. The Balaban J connectivity index is 1.69. The second-order valence-corrected chi connectivity index (χ2v) is 7.72. The highest BCUT2D eigenvalue weighted by Crippen LogP contribution is 2.49. The van der Waals surface area contributed by atoms with Crippen LogP contribution in [-0.4, -0.2) is 33.5 Å². The number of benzene rings is 1. The van der Waals surface area contributed by atoms with E-state index in [1.165, 1.54) is 18.3 Å². The first-order valence-corrected chi connectivity index (χ1v) is 9.45. The van der Waals surface area contributed by atoms with Crippen LogP contribution < -0.4 is 5.32 Å². The molecule has 1 aromatic carbocycles. The van der Waals surface area contributed by atoms with Gasteiger partial charge < -0.3 is 10.4 Å². The molecule has 0 bridgehead atoms. The van der Waals surface area contributed by atoms with E-state index in [9.17, 15) is 32.3 Å². The van der Waals surface area contributed by atoms with Crippen molar-refractivity contribution in [1.29, 1.82) is 0 Å². The minimum Gasteiger partial charge on any atom is -0.507 e. The maximum absolute atomic E-state index is 14.3. The Morgan fingerprint density at radius 2 is 1.90 bits per heavy atom. The van der Waals surface area contributed by atoms with Crippen LogP contribution in [0, 0.1) is 5.82 Å². The molecule has 9 heteroatoms. The number of Topliss-reactive ketones (excluding diaryl/α,β-unsaturated/α-hetero) is 1. The zero-order valence-corrected chi connectivity index (χ0v) is 16.6. The average Bonchev–Trinajstić information content (AvgIpc) is 3.45. The van der Waals surface area contributed by atoms with E-state index in [-0.39, 0.29) is 48.3 Å². The number of alkyl halides is 3. The summed E-state index contributed by atoms with van der Waals surface area (Å²) < 4.78 is 53.3. The van der Waals surface area contributed by atoms with E-state index in [1.807, 2.05) is 5.32 Å². The molecule has 1 aliphatic rings. The molecule has 1 saturated carbocycles. The Hall–Kier alpha value is -3.23. The molecule has 3 rings (SSSR count). The number of allylic oxidation sites excluding steroid dienone is 1. The largest absolute Gasteiger partial charge is 0.507 e. The van der Waals surface area contributed by atoms with Gasteiger partial charge in [-0.25, -0.2) is 4.39 Å². The molecule has 1 amide bonds. The first kappa shape index (κ1) is 22.5. The van der Waals surface area contributed by atoms with Crippen LogP contribution in [0.15, 0.2) is 37.0 Å². The van der Waals surface area contributed by atoms with E-state index < -0.39 is 29.2 Å². The van der Waals surface area contributed by atoms with Crippen molar-refractivity contribution in [2.45, 2.75) is 44.3 Å². The fourth-order valence-electron chi connectivity index (χ4n) is 3.18. The van der Waals surface area contributed by atoms with Gasteiger partial charge in [0.25, 0.3) is 5.91 Å². The Bertz CT molecular complexity index is 1060. The second kappa shape index (κ2) is 8.13. The molecule has 1 heterocycles. The lowest BCUT2D eigenvalue weighted by Crippen LogP contribution is -2.48. The number of carbonyl (C=O) groups excluding carboxylic acids is 2. The lowest BCUT2D eigenvalue weighted by atomic mass is 9.99. The Morgan fingerprint density at radius 3 is 2.48 bits per heavy atom. The van der Waals surface area contributed by atoms with Gasteiger partial charge >= 0.3 is 6.18 Å². The summed E-state index contributed by atoms with van der Waals surface area (Å²) in [7, 11) is 0. The van der Waals surface area contributed by atoms with Gasteiger partial charge in [0.2, 0.25) is 0 Å². The number of hydrogen-bond donors (Lipinski definition) is 2. The molecule has 0 unspecified atom stereocenters. The highest BCUT2D eigenvalue weighted by Gasteiger charge is 2.64. The first-order chi connectivity index (χ1) is 14.4. The van der Waals surface area contributed by atoms with Gasteiger partial charge in [0.05, 0.1) is 0 Å². The number of aromatic nitrogens is 1. The van der Waals surface area contributed by atoms with Crippen molar-refractivity contribution >= 4 is 17.3 Å². The number of amides is 1. The third-order valence-corrected chi connectivity index (χ3v) is 5.12. The number of halogens is 4. The minimum absolute atomic E-state index is 0.000347. The molecule has 1 aromatic heterocycles. The molecule has 0 atom stereocenters. The standard InChI is InChI=1S/C22H20F4N2O3/c1-12(2)16-11-17(23)14(10-19(16)30)9-15(29)7-13-3-6-27-18(8-13)20(31)28-21(4-5-21)22(24,25)26/h3,6,8,10-11,30H,1,4-5,7,9H2,2H3,(H,28,31). The third kappa shape index (κ3) is 4.92. The number of rotatable bonds is 7. The number of phenolic OH excluding ortho intramolecular Hbond substituents is 1. The topological polar surface area (TPSA) is 79.3 Å². The number of hydrogen-bond acceptors (Lipinski definition) is 4. The summed E-state index contributed by atoms with van der Waals surface area (Å²) in [6, 6.07) is 4.94. The summed E-state index contributed by atoms with van der Waals surface area (Å²) in [4.78, 5) is 28.4. The molecule has 31 heavy (non-hydrogen) atoms. The van der Waals surface area contributed by atoms with Crippen molar-refractivity contribution in [2.75, 3.05) is 0 Å². The predicted molar refractivity (Wildman–Crippen MR) is 105 cm³/mol. The van der Waals surface area contributed by atoms with Gasteiger partial charge in [-0.15, -0.1) is 0 Å². The second-order valence-electron chi connectivity index (χ2n) is 7.72. The summed E-state index contributed by atoms with van der Waals surface area (Å²) >= 11 is 0.